The van der Waals surface area contributed by atoms with Gasteiger partial charge in [-0.05, 0) is 13.3 Å². The number of carbonyl (C=O) groups is 1. The summed E-state index contributed by atoms with van der Waals surface area (Å²) in [5, 5.41) is 7.30. The Balaban J connectivity index is 2.52. The molecular formula is C10H16N4O. The van der Waals surface area contributed by atoms with Crippen molar-refractivity contribution >= 4 is 17.4 Å². The van der Waals surface area contributed by atoms with Crippen molar-refractivity contribution in [1.29, 1.82) is 0 Å². The quantitative estimate of drug-likeness (QED) is 0.780. The monoisotopic (exact) mass is 208 g/mol. The summed E-state index contributed by atoms with van der Waals surface area (Å²) in [4.78, 5) is 13.5. The first kappa shape index (κ1) is 10.0. The van der Waals surface area contributed by atoms with Crippen molar-refractivity contribution in [2.24, 2.45) is 7.05 Å². The molecule has 0 saturated carbocycles. The van der Waals surface area contributed by atoms with Crippen LogP contribution < -0.4 is 10.2 Å². The molecule has 0 aromatic carbocycles. The van der Waals surface area contributed by atoms with Crippen LogP contribution in [0, 0.1) is 0 Å². The predicted molar refractivity (Wildman–Crippen MR) is 59.1 cm³/mol. The number of hydrogen-bond donors (Lipinski definition) is 1. The van der Waals surface area contributed by atoms with E-state index in [0.717, 1.165) is 30.2 Å². The van der Waals surface area contributed by atoms with Crippen molar-refractivity contribution < 1.29 is 4.79 Å². The lowest BCUT2D eigenvalue weighted by Crippen LogP contribution is -2.38. The van der Waals surface area contributed by atoms with E-state index in [-0.39, 0.29) is 5.91 Å². The van der Waals surface area contributed by atoms with Crippen molar-refractivity contribution in [3.8, 4) is 0 Å². The van der Waals surface area contributed by atoms with Gasteiger partial charge in [0.05, 0.1) is 12.2 Å². The van der Waals surface area contributed by atoms with Gasteiger partial charge in [0.1, 0.15) is 5.69 Å². The topological polar surface area (TPSA) is 50.2 Å². The number of carbonyl (C=O) groups excluding carboxylic acids is 1. The molecule has 1 N–H and O–H groups in total. The van der Waals surface area contributed by atoms with Gasteiger partial charge in [0.15, 0.2) is 5.82 Å². The van der Waals surface area contributed by atoms with Crippen LogP contribution in [0.4, 0.5) is 11.5 Å². The van der Waals surface area contributed by atoms with Crippen LogP contribution in [-0.2, 0) is 18.3 Å². The number of aromatic nitrogens is 2. The SMILES string of the molecule is CCc1nn(C)c2c1NC(=O)CN2CC. The standard InChI is InChI=1S/C10H16N4O/c1-4-7-9-10(13(3)12-7)14(5-2)6-8(15)11-9/h4-6H2,1-3H3,(H,11,15). The van der Waals surface area contributed by atoms with Gasteiger partial charge in [-0.3, -0.25) is 9.48 Å². The van der Waals surface area contributed by atoms with Gasteiger partial charge in [-0.1, -0.05) is 6.92 Å². The molecule has 0 unspecified atom stereocenters. The molecule has 0 spiro atoms. The van der Waals surface area contributed by atoms with E-state index in [2.05, 4.69) is 10.4 Å². The summed E-state index contributed by atoms with van der Waals surface area (Å²) < 4.78 is 1.84. The molecule has 1 aliphatic rings. The van der Waals surface area contributed by atoms with Gasteiger partial charge in [-0.15, -0.1) is 0 Å². The molecule has 1 aromatic heterocycles. The summed E-state index contributed by atoms with van der Waals surface area (Å²) in [6.07, 6.45) is 0.834. The Labute approximate surface area is 89.1 Å². The minimum absolute atomic E-state index is 0.0482. The molecule has 0 fully saturated rings. The first-order valence-electron chi connectivity index (χ1n) is 5.28. The second-order valence-electron chi connectivity index (χ2n) is 3.68. The normalized spacial score (nSPS) is 15.1. The zero-order chi connectivity index (χ0) is 11.0. The minimum Gasteiger partial charge on any atom is -0.346 e. The molecule has 15 heavy (non-hydrogen) atoms. The van der Waals surface area contributed by atoms with Crippen molar-refractivity contribution in [3.05, 3.63) is 5.69 Å². The molecule has 0 bridgehead atoms. The Hall–Kier alpha value is -1.52. The first-order chi connectivity index (χ1) is 7.17. The van der Waals surface area contributed by atoms with E-state index in [1.807, 2.05) is 30.5 Å². The average molecular weight is 208 g/mol. The zero-order valence-electron chi connectivity index (χ0n) is 9.37. The third-order valence-corrected chi connectivity index (χ3v) is 2.70. The summed E-state index contributed by atoms with van der Waals surface area (Å²) in [5.41, 5.74) is 1.84. The molecule has 82 valence electrons. The summed E-state index contributed by atoms with van der Waals surface area (Å²) in [6, 6.07) is 0. The van der Waals surface area contributed by atoms with Crippen LogP contribution >= 0.6 is 0 Å². The summed E-state index contributed by atoms with van der Waals surface area (Å²) in [6.45, 7) is 5.33. The fourth-order valence-electron chi connectivity index (χ4n) is 2.00. The Morgan fingerprint density at radius 3 is 2.80 bits per heavy atom. The number of nitrogens with one attached hydrogen (secondary N) is 1. The highest BCUT2D eigenvalue weighted by atomic mass is 16.2. The van der Waals surface area contributed by atoms with E-state index in [4.69, 9.17) is 0 Å². The number of hydrogen-bond acceptors (Lipinski definition) is 3. The molecule has 1 amide bonds. The van der Waals surface area contributed by atoms with Gasteiger partial charge < -0.3 is 10.2 Å². The number of amides is 1. The Bertz CT molecular complexity index is 396. The number of likely N-dealkylation sites (N-methyl/N-ethyl adjacent to an activating group) is 1. The number of aryl methyl sites for hydroxylation is 2. The third kappa shape index (κ3) is 1.48. The zero-order valence-corrected chi connectivity index (χ0v) is 9.37. The van der Waals surface area contributed by atoms with E-state index in [1.54, 1.807) is 0 Å². The lowest BCUT2D eigenvalue weighted by molar-refractivity contribution is -0.115. The van der Waals surface area contributed by atoms with Crippen LogP contribution in [0.1, 0.15) is 19.5 Å². The Kier molecular flexibility index (Phi) is 2.38. The Morgan fingerprint density at radius 1 is 1.47 bits per heavy atom. The second kappa shape index (κ2) is 3.56. The summed E-state index contributed by atoms with van der Waals surface area (Å²) >= 11 is 0. The van der Waals surface area contributed by atoms with E-state index in [1.165, 1.54) is 0 Å². The molecular weight excluding hydrogens is 192 g/mol. The van der Waals surface area contributed by atoms with E-state index in [0.29, 0.717) is 6.54 Å². The maximum absolute atomic E-state index is 11.5. The van der Waals surface area contributed by atoms with Crippen molar-refractivity contribution in [2.45, 2.75) is 20.3 Å². The highest BCUT2D eigenvalue weighted by Crippen LogP contribution is 2.32. The smallest absolute Gasteiger partial charge is 0.244 e. The largest absolute Gasteiger partial charge is 0.346 e. The maximum Gasteiger partial charge on any atom is 0.244 e. The maximum atomic E-state index is 11.5. The van der Waals surface area contributed by atoms with Crippen molar-refractivity contribution in [3.63, 3.8) is 0 Å². The van der Waals surface area contributed by atoms with Crippen LogP contribution in [0.2, 0.25) is 0 Å². The predicted octanol–water partition coefficient (Wildman–Crippen LogP) is 0.761. The summed E-state index contributed by atoms with van der Waals surface area (Å²) in [7, 11) is 1.91. The molecule has 1 aromatic rings. The molecule has 0 aliphatic carbocycles. The van der Waals surface area contributed by atoms with E-state index < -0.39 is 0 Å². The van der Waals surface area contributed by atoms with Gasteiger partial charge in [-0.25, -0.2) is 0 Å². The van der Waals surface area contributed by atoms with Crippen LogP contribution in [-0.4, -0.2) is 28.8 Å². The van der Waals surface area contributed by atoms with Crippen molar-refractivity contribution in [2.75, 3.05) is 23.3 Å². The van der Waals surface area contributed by atoms with Gasteiger partial charge in [0, 0.05) is 13.6 Å². The first-order valence-corrected chi connectivity index (χ1v) is 5.28. The number of fused-ring (bicyclic) bond motifs is 1. The highest BCUT2D eigenvalue weighted by molar-refractivity contribution is 6.01. The molecule has 2 rings (SSSR count). The van der Waals surface area contributed by atoms with E-state index >= 15 is 0 Å². The lowest BCUT2D eigenvalue weighted by atomic mass is 10.2. The van der Waals surface area contributed by atoms with E-state index in [9.17, 15) is 4.79 Å². The molecule has 5 nitrogen and oxygen atoms in total. The van der Waals surface area contributed by atoms with Crippen LogP contribution in [0.3, 0.4) is 0 Å². The van der Waals surface area contributed by atoms with Crippen LogP contribution in [0.15, 0.2) is 0 Å². The third-order valence-electron chi connectivity index (χ3n) is 2.70. The molecule has 2 heterocycles. The minimum atomic E-state index is 0.0482. The number of rotatable bonds is 2. The number of anilines is 2. The van der Waals surface area contributed by atoms with Gasteiger partial charge >= 0.3 is 0 Å². The molecule has 0 saturated heterocycles. The van der Waals surface area contributed by atoms with Crippen molar-refractivity contribution in [1.82, 2.24) is 9.78 Å². The van der Waals surface area contributed by atoms with Gasteiger partial charge in [0.25, 0.3) is 0 Å². The second-order valence-corrected chi connectivity index (χ2v) is 3.68. The molecule has 1 aliphatic heterocycles. The molecule has 5 heteroatoms. The van der Waals surface area contributed by atoms with Crippen LogP contribution in [0.25, 0.3) is 0 Å². The van der Waals surface area contributed by atoms with Gasteiger partial charge in [0.2, 0.25) is 5.91 Å². The molecule has 0 radical (unpaired) electrons. The average Bonchev–Trinajstić information content (AvgIpc) is 2.54. The molecule has 0 atom stereocenters. The fourth-order valence-corrected chi connectivity index (χ4v) is 2.00. The fraction of sp³-hybridized carbons (Fsp3) is 0.600. The highest BCUT2D eigenvalue weighted by Gasteiger charge is 2.27. The summed E-state index contributed by atoms with van der Waals surface area (Å²) in [5.74, 6) is 1.07. The number of nitrogens with zero attached hydrogens (tertiary/aromatic N) is 3. The lowest BCUT2D eigenvalue weighted by Gasteiger charge is -2.27. The van der Waals surface area contributed by atoms with Crippen LogP contribution in [0.5, 0.6) is 0 Å². The van der Waals surface area contributed by atoms with Gasteiger partial charge in [-0.2, -0.15) is 5.10 Å². The Morgan fingerprint density at radius 2 is 2.20 bits per heavy atom.